The van der Waals surface area contributed by atoms with Crippen molar-refractivity contribution in [3.63, 3.8) is 0 Å². The van der Waals surface area contributed by atoms with Gasteiger partial charge in [-0.1, -0.05) is 36.4 Å². The van der Waals surface area contributed by atoms with Crippen LogP contribution in [-0.4, -0.2) is 45.8 Å². The minimum absolute atomic E-state index is 0.139. The topological polar surface area (TPSA) is 75.2 Å². The highest BCUT2D eigenvalue weighted by Crippen LogP contribution is 2.45. The molecule has 1 saturated heterocycles. The molecule has 8 heteroatoms. The largest absolute Gasteiger partial charge is 0.346 e. The molecule has 1 saturated carbocycles. The number of halogens is 1. The number of hydrogen-bond donors (Lipinski definition) is 1. The molecule has 4 aromatic rings. The average Bonchev–Trinajstić information content (AvgIpc) is 3.67. The molecule has 0 unspecified atom stereocenters. The smallest absolute Gasteiger partial charge is 0.274 e. The fraction of sp³-hybridized carbons (Fsp3) is 0.286. The van der Waals surface area contributed by atoms with Crippen molar-refractivity contribution >= 4 is 33.9 Å². The van der Waals surface area contributed by atoms with Crippen molar-refractivity contribution in [2.45, 2.75) is 37.6 Å². The van der Waals surface area contributed by atoms with Crippen molar-refractivity contribution in [2.75, 3.05) is 13.1 Å². The second-order valence-corrected chi connectivity index (χ2v) is 10.5. The van der Waals surface area contributed by atoms with Crippen molar-refractivity contribution in [1.29, 1.82) is 0 Å². The Morgan fingerprint density at radius 3 is 2.61 bits per heavy atom. The number of amides is 2. The molecule has 2 aromatic carbocycles. The van der Waals surface area contributed by atoms with Crippen LogP contribution in [0.15, 0.2) is 60.8 Å². The van der Waals surface area contributed by atoms with E-state index in [4.69, 9.17) is 4.98 Å². The number of pyridine rings is 1. The van der Waals surface area contributed by atoms with Gasteiger partial charge in [0, 0.05) is 36.6 Å². The van der Waals surface area contributed by atoms with Gasteiger partial charge in [-0.3, -0.25) is 14.6 Å². The number of thiazole rings is 1. The van der Waals surface area contributed by atoms with Gasteiger partial charge in [0.15, 0.2) is 0 Å². The lowest BCUT2D eigenvalue weighted by atomic mass is 10.0. The first-order valence-electron chi connectivity index (χ1n) is 12.3. The molecule has 3 heterocycles. The van der Waals surface area contributed by atoms with Gasteiger partial charge in [0.25, 0.3) is 11.8 Å². The molecule has 2 amide bonds. The van der Waals surface area contributed by atoms with Gasteiger partial charge in [0.1, 0.15) is 17.2 Å². The van der Waals surface area contributed by atoms with Crippen LogP contribution in [0.3, 0.4) is 0 Å². The number of rotatable bonds is 5. The summed E-state index contributed by atoms with van der Waals surface area (Å²) >= 11 is 1.53. The molecular formula is C28H25FN4O2S. The van der Waals surface area contributed by atoms with Crippen LogP contribution in [0, 0.1) is 5.82 Å². The predicted octanol–water partition coefficient (Wildman–Crippen LogP) is 5.41. The number of piperidine rings is 1. The Morgan fingerprint density at radius 2 is 1.81 bits per heavy atom. The fourth-order valence-corrected chi connectivity index (χ4v) is 6.00. The van der Waals surface area contributed by atoms with E-state index in [2.05, 4.69) is 10.3 Å². The zero-order chi connectivity index (χ0) is 24.6. The van der Waals surface area contributed by atoms with Crippen LogP contribution in [0.5, 0.6) is 0 Å². The molecule has 2 aliphatic rings. The molecular weight excluding hydrogens is 475 g/mol. The molecule has 0 bridgehead atoms. The number of fused-ring (bicyclic) bond motifs is 1. The number of carbonyl (C=O) groups is 2. The molecule has 182 valence electrons. The molecule has 1 N–H and O–H groups in total. The minimum Gasteiger partial charge on any atom is -0.346 e. The lowest BCUT2D eigenvalue weighted by Gasteiger charge is -2.33. The molecule has 6 rings (SSSR count). The van der Waals surface area contributed by atoms with Crippen molar-refractivity contribution in [1.82, 2.24) is 20.2 Å². The number of carbonyl (C=O) groups excluding carboxylic acids is 2. The molecule has 0 spiro atoms. The van der Waals surface area contributed by atoms with Crippen LogP contribution in [-0.2, 0) is 0 Å². The van der Waals surface area contributed by atoms with Crippen LogP contribution in [0.1, 0.15) is 57.6 Å². The van der Waals surface area contributed by atoms with Gasteiger partial charge >= 0.3 is 0 Å². The molecule has 2 aromatic heterocycles. The molecule has 0 radical (unpaired) electrons. The van der Waals surface area contributed by atoms with Gasteiger partial charge in [0.05, 0.1) is 9.88 Å². The van der Waals surface area contributed by atoms with E-state index in [9.17, 15) is 14.0 Å². The van der Waals surface area contributed by atoms with Gasteiger partial charge in [-0.05, 0) is 54.8 Å². The van der Waals surface area contributed by atoms with Crippen LogP contribution in [0.25, 0.3) is 21.2 Å². The van der Waals surface area contributed by atoms with Crippen molar-refractivity contribution in [3.05, 3.63) is 83.0 Å². The predicted molar refractivity (Wildman–Crippen MR) is 138 cm³/mol. The summed E-state index contributed by atoms with van der Waals surface area (Å²) in [7, 11) is 0. The highest BCUT2D eigenvalue weighted by atomic mass is 32.1. The Morgan fingerprint density at radius 1 is 1.00 bits per heavy atom. The first-order chi connectivity index (χ1) is 17.6. The number of nitrogens with zero attached hydrogens (tertiary/aromatic N) is 3. The third-order valence-electron chi connectivity index (χ3n) is 6.81. The first kappa shape index (κ1) is 22.8. The van der Waals surface area contributed by atoms with Gasteiger partial charge in [-0.15, -0.1) is 11.3 Å². The molecule has 1 aliphatic heterocycles. The average molecular weight is 501 g/mol. The summed E-state index contributed by atoms with van der Waals surface area (Å²) in [6.45, 7) is 1.02. The SMILES string of the molecule is O=C(N[C@@H]1CCCN(C(=O)c2nc(C3CC3)sc2-c2ccc(F)cc2)C1)c1nccc2ccccc12. The first-order valence-corrected chi connectivity index (χ1v) is 13.1. The highest BCUT2D eigenvalue weighted by Gasteiger charge is 2.33. The van der Waals surface area contributed by atoms with Gasteiger partial charge in [0.2, 0.25) is 0 Å². The maximum Gasteiger partial charge on any atom is 0.274 e. The van der Waals surface area contributed by atoms with E-state index in [-0.39, 0.29) is 23.7 Å². The van der Waals surface area contributed by atoms with Crippen LogP contribution in [0.4, 0.5) is 4.39 Å². The zero-order valence-corrected chi connectivity index (χ0v) is 20.4. The van der Waals surface area contributed by atoms with Crippen molar-refractivity contribution in [2.24, 2.45) is 0 Å². The lowest BCUT2D eigenvalue weighted by Crippen LogP contribution is -2.49. The van der Waals surface area contributed by atoms with E-state index in [0.717, 1.165) is 51.9 Å². The van der Waals surface area contributed by atoms with Crippen LogP contribution >= 0.6 is 11.3 Å². The Kier molecular flexibility index (Phi) is 5.97. The Labute approximate surface area is 212 Å². The summed E-state index contributed by atoms with van der Waals surface area (Å²) in [5.41, 5.74) is 1.62. The van der Waals surface area contributed by atoms with Gasteiger partial charge in [-0.2, -0.15) is 0 Å². The number of aromatic nitrogens is 2. The zero-order valence-electron chi connectivity index (χ0n) is 19.6. The van der Waals surface area contributed by atoms with E-state index in [1.54, 1.807) is 23.2 Å². The summed E-state index contributed by atoms with van der Waals surface area (Å²) in [6, 6.07) is 15.6. The highest BCUT2D eigenvalue weighted by molar-refractivity contribution is 7.15. The normalized spacial score (nSPS) is 17.8. The van der Waals surface area contributed by atoms with Gasteiger partial charge < -0.3 is 10.2 Å². The molecule has 6 nitrogen and oxygen atoms in total. The van der Waals surface area contributed by atoms with E-state index in [0.29, 0.717) is 30.4 Å². The van der Waals surface area contributed by atoms with Crippen LogP contribution in [0.2, 0.25) is 0 Å². The second-order valence-electron chi connectivity index (χ2n) is 9.46. The second kappa shape index (κ2) is 9.43. The number of benzene rings is 2. The summed E-state index contributed by atoms with van der Waals surface area (Å²) < 4.78 is 13.5. The van der Waals surface area contributed by atoms with E-state index >= 15 is 0 Å². The maximum absolute atomic E-state index is 13.7. The van der Waals surface area contributed by atoms with Crippen LogP contribution < -0.4 is 5.32 Å². The minimum atomic E-state index is -0.311. The summed E-state index contributed by atoms with van der Waals surface area (Å²) in [5, 5.41) is 5.83. The summed E-state index contributed by atoms with van der Waals surface area (Å²) in [5.74, 6) is -0.270. The third-order valence-corrected chi connectivity index (χ3v) is 8.08. The number of hydrogen-bond acceptors (Lipinski definition) is 5. The Balaban J connectivity index is 1.22. The molecule has 36 heavy (non-hydrogen) atoms. The monoisotopic (exact) mass is 500 g/mol. The lowest BCUT2D eigenvalue weighted by molar-refractivity contribution is 0.0671. The molecule has 1 atom stereocenters. The third kappa shape index (κ3) is 4.48. The van der Waals surface area contributed by atoms with Gasteiger partial charge in [-0.25, -0.2) is 9.37 Å². The van der Waals surface area contributed by atoms with E-state index in [1.807, 2.05) is 30.3 Å². The fourth-order valence-electron chi connectivity index (χ4n) is 4.77. The Bertz CT molecular complexity index is 1440. The Hall–Kier alpha value is -3.65. The molecule has 2 fully saturated rings. The maximum atomic E-state index is 13.7. The molecule has 1 aliphatic carbocycles. The van der Waals surface area contributed by atoms with Crippen molar-refractivity contribution < 1.29 is 14.0 Å². The van der Waals surface area contributed by atoms with E-state index < -0.39 is 0 Å². The standard InChI is InChI=1S/C28H25FN4O2S/c29-20-11-9-18(10-12-20)25-24(32-27(36-25)19-7-8-19)28(35)33-15-3-5-21(16-33)31-26(34)23-22-6-2-1-4-17(22)13-14-30-23/h1-2,4,6,9-14,19,21H,3,5,7-8,15-16H2,(H,31,34)/t21-/m1/s1. The quantitative estimate of drug-likeness (QED) is 0.398. The summed E-state index contributed by atoms with van der Waals surface area (Å²) in [4.78, 5) is 38.4. The summed E-state index contributed by atoms with van der Waals surface area (Å²) in [6.07, 6.45) is 5.39. The number of likely N-dealkylation sites (tertiary alicyclic amines) is 1. The van der Waals surface area contributed by atoms with E-state index in [1.165, 1.54) is 23.5 Å². The number of nitrogens with one attached hydrogen (secondary N) is 1. The van der Waals surface area contributed by atoms with Crippen molar-refractivity contribution in [3.8, 4) is 10.4 Å².